The molecular formula is C5H8O4Ti. The molecule has 4 nitrogen and oxygen atoms in total. The number of carbonyl (C=O) groups excluding carboxylic acids is 1. The van der Waals surface area contributed by atoms with Crippen LogP contribution in [0.3, 0.4) is 0 Å². The minimum Gasteiger partial charge on any atom is -0.481 e. The van der Waals surface area contributed by atoms with Crippen molar-refractivity contribution < 1.29 is 41.2 Å². The van der Waals surface area contributed by atoms with Crippen LogP contribution in [0.4, 0.5) is 0 Å². The van der Waals surface area contributed by atoms with Gasteiger partial charge in [0.05, 0.1) is 6.61 Å². The zero-order valence-corrected chi connectivity index (χ0v) is 7.15. The predicted octanol–water partition coefficient (Wildman–Crippen LogP) is 0.0217. The number of aliphatic carboxylic acids is 1. The Hall–Kier alpha value is -0.346. The first-order valence-electron chi connectivity index (χ1n) is 2.54. The van der Waals surface area contributed by atoms with E-state index in [-0.39, 0.29) is 28.3 Å². The van der Waals surface area contributed by atoms with Crippen LogP contribution in [0.15, 0.2) is 0 Å². The maximum atomic E-state index is 10.3. The fourth-order valence-corrected chi connectivity index (χ4v) is 0.335. The molecule has 1 N–H and O–H groups in total. The number of rotatable bonds is 3. The fraction of sp³-hybridized carbons (Fsp3) is 0.600. The molecule has 10 heavy (non-hydrogen) atoms. The molecule has 0 spiro atoms. The number of esters is 1. The van der Waals surface area contributed by atoms with Gasteiger partial charge in [0.1, 0.15) is 6.42 Å². The Labute approximate surface area is 73.4 Å². The van der Waals surface area contributed by atoms with Crippen molar-refractivity contribution in [3.05, 3.63) is 0 Å². The molecule has 0 amide bonds. The Balaban J connectivity index is 0. The predicted molar refractivity (Wildman–Crippen MR) is 28.9 cm³/mol. The van der Waals surface area contributed by atoms with Crippen molar-refractivity contribution in [1.82, 2.24) is 0 Å². The van der Waals surface area contributed by atoms with Crippen molar-refractivity contribution in [2.24, 2.45) is 0 Å². The summed E-state index contributed by atoms with van der Waals surface area (Å²) in [4.78, 5) is 20.0. The molecular weight excluding hydrogens is 172 g/mol. The van der Waals surface area contributed by atoms with Crippen LogP contribution in [-0.2, 0) is 36.0 Å². The van der Waals surface area contributed by atoms with E-state index in [2.05, 4.69) is 4.74 Å². The zero-order chi connectivity index (χ0) is 7.28. The first kappa shape index (κ1) is 12.3. The summed E-state index contributed by atoms with van der Waals surface area (Å²) in [7, 11) is 0. The van der Waals surface area contributed by atoms with Crippen molar-refractivity contribution in [2.45, 2.75) is 13.3 Å². The molecule has 0 atom stereocenters. The van der Waals surface area contributed by atoms with Gasteiger partial charge >= 0.3 is 11.9 Å². The summed E-state index contributed by atoms with van der Waals surface area (Å²) < 4.78 is 4.33. The first-order valence-corrected chi connectivity index (χ1v) is 2.54. The summed E-state index contributed by atoms with van der Waals surface area (Å²) in [6.45, 7) is 1.85. The van der Waals surface area contributed by atoms with Crippen molar-refractivity contribution >= 4 is 11.9 Å². The molecule has 0 unspecified atom stereocenters. The van der Waals surface area contributed by atoms with E-state index in [4.69, 9.17) is 5.11 Å². The van der Waals surface area contributed by atoms with E-state index in [1.54, 1.807) is 6.92 Å². The maximum absolute atomic E-state index is 10.3. The van der Waals surface area contributed by atoms with Gasteiger partial charge in [0, 0.05) is 21.7 Å². The van der Waals surface area contributed by atoms with Crippen LogP contribution in [0, 0.1) is 0 Å². The number of carboxylic acids is 1. The third-order valence-electron chi connectivity index (χ3n) is 0.601. The molecule has 0 saturated heterocycles. The monoisotopic (exact) mass is 180 g/mol. The van der Waals surface area contributed by atoms with Gasteiger partial charge in [-0.05, 0) is 6.92 Å². The van der Waals surface area contributed by atoms with E-state index in [0.717, 1.165) is 0 Å². The summed E-state index contributed by atoms with van der Waals surface area (Å²) in [5.74, 6) is -1.85. The van der Waals surface area contributed by atoms with E-state index < -0.39 is 18.4 Å². The quantitative estimate of drug-likeness (QED) is 0.377. The van der Waals surface area contributed by atoms with Crippen LogP contribution in [0.25, 0.3) is 0 Å². The van der Waals surface area contributed by atoms with Crippen molar-refractivity contribution in [3.63, 3.8) is 0 Å². The minimum absolute atomic E-state index is 0. The van der Waals surface area contributed by atoms with E-state index in [9.17, 15) is 9.59 Å². The molecule has 0 aliphatic carbocycles. The average molecular weight is 180 g/mol. The summed E-state index contributed by atoms with van der Waals surface area (Å²) in [5, 5.41) is 8.01. The molecule has 0 radical (unpaired) electrons. The Morgan fingerprint density at radius 2 is 2.00 bits per heavy atom. The molecule has 0 aromatic rings. The largest absolute Gasteiger partial charge is 0.481 e. The van der Waals surface area contributed by atoms with Gasteiger partial charge in [0.25, 0.3) is 0 Å². The van der Waals surface area contributed by atoms with E-state index in [1.807, 2.05) is 0 Å². The van der Waals surface area contributed by atoms with Crippen molar-refractivity contribution in [3.8, 4) is 0 Å². The zero-order valence-electron chi connectivity index (χ0n) is 5.59. The van der Waals surface area contributed by atoms with E-state index >= 15 is 0 Å². The number of hydrogen-bond acceptors (Lipinski definition) is 3. The molecule has 0 aromatic carbocycles. The summed E-state index contributed by atoms with van der Waals surface area (Å²) >= 11 is 0. The Bertz CT molecular complexity index is 123. The molecule has 0 bridgehead atoms. The van der Waals surface area contributed by atoms with Gasteiger partial charge in [-0.2, -0.15) is 0 Å². The second kappa shape index (κ2) is 6.77. The smallest absolute Gasteiger partial charge is 0.317 e. The summed E-state index contributed by atoms with van der Waals surface area (Å²) in [5.41, 5.74) is 0. The number of carbonyl (C=O) groups is 2. The minimum atomic E-state index is -1.16. The molecule has 56 valence electrons. The molecule has 0 aromatic heterocycles. The van der Waals surface area contributed by atoms with Gasteiger partial charge in [-0.3, -0.25) is 9.59 Å². The van der Waals surface area contributed by atoms with Gasteiger partial charge in [-0.1, -0.05) is 0 Å². The number of ether oxygens (including phenoxy) is 1. The molecule has 5 heteroatoms. The van der Waals surface area contributed by atoms with Crippen LogP contribution >= 0.6 is 0 Å². The van der Waals surface area contributed by atoms with Gasteiger partial charge in [-0.25, -0.2) is 0 Å². The van der Waals surface area contributed by atoms with E-state index in [1.165, 1.54) is 0 Å². The second-order valence-electron chi connectivity index (χ2n) is 1.38. The SMILES string of the molecule is CCOC(=O)CC(=O)O.[Ti]. The Kier molecular flexibility index (Phi) is 8.36. The maximum Gasteiger partial charge on any atom is 0.317 e. The van der Waals surface area contributed by atoms with Gasteiger partial charge in [-0.15, -0.1) is 0 Å². The Morgan fingerprint density at radius 3 is 2.30 bits per heavy atom. The molecule has 0 aliphatic rings. The second-order valence-corrected chi connectivity index (χ2v) is 1.38. The third-order valence-corrected chi connectivity index (χ3v) is 0.601. The molecule has 0 heterocycles. The molecule has 0 rings (SSSR count). The molecule has 0 saturated carbocycles. The number of carboxylic acid groups (broad SMARTS) is 1. The Morgan fingerprint density at radius 1 is 1.50 bits per heavy atom. The topological polar surface area (TPSA) is 63.6 Å². The van der Waals surface area contributed by atoms with E-state index in [0.29, 0.717) is 0 Å². The van der Waals surface area contributed by atoms with Crippen molar-refractivity contribution in [2.75, 3.05) is 6.61 Å². The van der Waals surface area contributed by atoms with Gasteiger partial charge < -0.3 is 9.84 Å². The summed E-state index contributed by atoms with van der Waals surface area (Å²) in [6.07, 6.45) is -0.548. The molecule has 0 aliphatic heterocycles. The van der Waals surface area contributed by atoms with Crippen molar-refractivity contribution in [1.29, 1.82) is 0 Å². The van der Waals surface area contributed by atoms with Crippen LogP contribution in [0.1, 0.15) is 13.3 Å². The summed E-state index contributed by atoms with van der Waals surface area (Å²) in [6, 6.07) is 0. The van der Waals surface area contributed by atoms with Crippen LogP contribution in [-0.4, -0.2) is 23.7 Å². The average Bonchev–Trinajstić information content (AvgIpc) is 1.63. The standard InChI is InChI=1S/C5H8O4.Ti/c1-2-9-5(8)3-4(6)7;/h2-3H2,1H3,(H,6,7);. The fourth-order valence-electron chi connectivity index (χ4n) is 0.335. The first-order chi connectivity index (χ1) is 4.16. The van der Waals surface area contributed by atoms with Crippen LogP contribution < -0.4 is 0 Å². The molecule has 0 fully saturated rings. The number of hydrogen-bond donors (Lipinski definition) is 1. The third kappa shape index (κ3) is 7.65. The van der Waals surface area contributed by atoms with Gasteiger partial charge in [0.2, 0.25) is 0 Å². The normalized spacial score (nSPS) is 7.70. The van der Waals surface area contributed by atoms with Gasteiger partial charge in [0.15, 0.2) is 0 Å². The van der Waals surface area contributed by atoms with Crippen LogP contribution in [0.2, 0.25) is 0 Å². The van der Waals surface area contributed by atoms with Crippen LogP contribution in [0.5, 0.6) is 0 Å².